The van der Waals surface area contributed by atoms with Gasteiger partial charge >= 0.3 is 0 Å². The number of hydrogen-bond acceptors (Lipinski definition) is 3. The second kappa shape index (κ2) is 5.17. The molecular weight excluding hydrogens is 262 g/mol. The van der Waals surface area contributed by atoms with E-state index in [4.69, 9.17) is 5.26 Å². The van der Waals surface area contributed by atoms with Gasteiger partial charge in [-0.2, -0.15) is 5.26 Å². The topological polar surface area (TPSA) is 58.7 Å². The Bertz CT molecular complexity index is 795. The zero-order valence-electron chi connectivity index (χ0n) is 12.3. The van der Waals surface area contributed by atoms with Crippen LogP contribution in [0.15, 0.2) is 29.2 Å². The number of nitriles is 1. The molecule has 1 aliphatic rings. The zero-order chi connectivity index (χ0) is 15.0. The van der Waals surface area contributed by atoms with Crippen LogP contribution in [0.5, 0.6) is 0 Å². The maximum Gasteiger partial charge on any atom is 0.271 e. The third kappa shape index (κ3) is 2.73. The summed E-state index contributed by atoms with van der Waals surface area (Å²) in [5.41, 5.74) is 3.85. The van der Waals surface area contributed by atoms with Crippen LogP contribution in [0.25, 0.3) is 11.3 Å². The van der Waals surface area contributed by atoms with Gasteiger partial charge in [-0.25, -0.2) is 4.98 Å². The number of aromatic nitrogens is 2. The van der Waals surface area contributed by atoms with Gasteiger partial charge in [0.25, 0.3) is 5.56 Å². The molecule has 0 spiro atoms. The van der Waals surface area contributed by atoms with E-state index in [0.717, 1.165) is 23.4 Å². The van der Waals surface area contributed by atoms with E-state index < -0.39 is 0 Å². The number of benzene rings is 1. The Morgan fingerprint density at radius 2 is 2.14 bits per heavy atom. The Morgan fingerprint density at radius 1 is 1.38 bits per heavy atom. The van der Waals surface area contributed by atoms with Gasteiger partial charge in [-0.3, -0.25) is 4.79 Å². The minimum absolute atomic E-state index is 0.00369. The molecule has 21 heavy (non-hydrogen) atoms. The highest BCUT2D eigenvalue weighted by Crippen LogP contribution is 2.30. The molecule has 0 atom stereocenters. The standard InChI is InChI=1S/C17H17N3O/c1-11-7-14(5-6-15(11)8-18)16-10-20(9-13-3-4-13)17(21)12(2)19-16/h5-7,10,13H,3-4,9H2,1-2H3. The van der Waals surface area contributed by atoms with Crippen molar-refractivity contribution in [3.8, 4) is 17.3 Å². The second-order valence-corrected chi connectivity index (χ2v) is 5.75. The van der Waals surface area contributed by atoms with Crippen molar-refractivity contribution in [2.45, 2.75) is 33.2 Å². The quantitative estimate of drug-likeness (QED) is 0.868. The van der Waals surface area contributed by atoms with Crippen molar-refractivity contribution < 1.29 is 0 Å². The van der Waals surface area contributed by atoms with Crippen LogP contribution in [0, 0.1) is 31.1 Å². The van der Waals surface area contributed by atoms with Gasteiger partial charge in [0.05, 0.1) is 17.3 Å². The molecule has 1 aliphatic carbocycles. The average Bonchev–Trinajstić information content (AvgIpc) is 3.27. The Labute approximate surface area is 123 Å². The normalized spacial score (nSPS) is 14.0. The Balaban J connectivity index is 2.05. The van der Waals surface area contributed by atoms with Crippen LogP contribution in [0.2, 0.25) is 0 Å². The fourth-order valence-corrected chi connectivity index (χ4v) is 2.47. The molecule has 1 fully saturated rings. The SMILES string of the molecule is Cc1cc(-c2cn(CC3CC3)c(=O)c(C)n2)ccc1C#N. The Kier molecular flexibility index (Phi) is 3.34. The van der Waals surface area contributed by atoms with Crippen molar-refractivity contribution in [2.24, 2.45) is 5.92 Å². The molecule has 4 heteroatoms. The molecule has 1 saturated carbocycles. The van der Waals surface area contributed by atoms with Gasteiger partial charge in [0, 0.05) is 18.3 Å². The van der Waals surface area contributed by atoms with Crippen LogP contribution in [-0.2, 0) is 6.54 Å². The molecule has 1 heterocycles. The van der Waals surface area contributed by atoms with E-state index in [1.165, 1.54) is 12.8 Å². The summed E-state index contributed by atoms with van der Waals surface area (Å²) in [6.07, 6.45) is 4.26. The van der Waals surface area contributed by atoms with Crippen LogP contribution in [0.4, 0.5) is 0 Å². The number of hydrogen-bond donors (Lipinski definition) is 0. The number of aryl methyl sites for hydroxylation is 2. The maximum absolute atomic E-state index is 12.1. The van der Waals surface area contributed by atoms with Crippen molar-refractivity contribution >= 4 is 0 Å². The number of rotatable bonds is 3. The fraction of sp³-hybridized carbons (Fsp3) is 0.353. The van der Waals surface area contributed by atoms with Crippen molar-refractivity contribution in [3.05, 3.63) is 51.6 Å². The predicted octanol–water partition coefficient (Wildman–Crippen LogP) is 2.81. The lowest BCUT2D eigenvalue weighted by molar-refractivity contribution is 0.599. The van der Waals surface area contributed by atoms with E-state index in [1.807, 2.05) is 25.3 Å². The first kappa shape index (κ1) is 13.6. The van der Waals surface area contributed by atoms with Crippen LogP contribution in [-0.4, -0.2) is 9.55 Å². The minimum atomic E-state index is -0.00369. The smallest absolute Gasteiger partial charge is 0.271 e. The largest absolute Gasteiger partial charge is 0.312 e. The summed E-state index contributed by atoms with van der Waals surface area (Å²) in [7, 11) is 0. The number of nitrogens with zero attached hydrogens (tertiary/aromatic N) is 3. The van der Waals surface area contributed by atoms with Gasteiger partial charge in [-0.05, 0) is 50.3 Å². The lowest BCUT2D eigenvalue weighted by Gasteiger charge is -2.10. The predicted molar refractivity (Wildman–Crippen MR) is 80.8 cm³/mol. The highest BCUT2D eigenvalue weighted by molar-refractivity contribution is 5.61. The van der Waals surface area contributed by atoms with Gasteiger partial charge in [-0.1, -0.05) is 6.07 Å². The van der Waals surface area contributed by atoms with Crippen LogP contribution in [0.1, 0.15) is 29.7 Å². The van der Waals surface area contributed by atoms with Crippen molar-refractivity contribution in [1.29, 1.82) is 5.26 Å². The summed E-state index contributed by atoms with van der Waals surface area (Å²) in [6.45, 7) is 4.45. The molecular formula is C17H17N3O. The maximum atomic E-state index is 12.1. The average molecular weight is 279 g/mol. The molecule has 0 saturated heterocycles. The van der Waals surface area contributed by atoms with E-state index in [9.17, 15) is 4.79 Å². The van der Waals surface area contributed by atoms with Gasteiger partial charge in [0.15, 0.2) is 0 Å². The van der Waals surface area contributed by atoms with Crippen LogP contribution in [0.3, 0.4) is 0 Å². The molecule has 1 aromatic carbocycles. The summed E-state index contributed by atoms with van der Waals surface area (Å²) in [5, 5.41) is 9.00. The highest BCUT2D eigenvalue weighted by Gasteiger charge is 2.22. The molecule has 3 rings (SSSR count). The highest BCUT2D eigenvalue weighted by atomic mass is 16.1. The molecule has 2 aromatic rings. The van der Waals surface area contributed by atoms with E-state index in [1.54, 1.807) is 17.6 Å². The van der Waals surface area contributed by atoms with Crippen molar-refractivity contribution in [1.82, 2.24) is 9.55 Å². The molecule has 1 aromatic heterocycles. The molecule has 0 N–H and O–H groups in total. The Morgan fingerprint density at radius 3 is 2.76 bits per heavy atom. The van der Waals surface area contributed by atoms with Gasteiger partial charge in [-0.15, -0.1) is 0 Å². The summed E-state index contributed by atoms with van der Waals surface area (Å²) in [6, 6.07) is 7.81. The molecule has 0 aliphatic heterocycles. The third-order valence-electron chi connectivity index (χ3n) is 3.93. The van der Waals surface area contributed by atoms with Gasteiger partial charge < -0.3 is 4.57 Å². The zero-order valence-corrected chi connectivity index (χ0v) is 12.3. The molecule has 0 unspecified atom stereocenters. The summed E-state index contributed by atoms with van der Waals surface area (Å²) < 4.78 is 1.78. The van der Waals surface area contributed by atoms with Crippen LogP contribution < -0.4 is 5.56 Å². The Hall–Kier alpha value is -2.41. The fourth-order valence-electron chi connectivity index (χ4n) is 2.47. The summed E-state index contributed by atoms with van der Waals surface area (Å²) >= 11 is 0. The summed E-state index contributed by atoms with van der Waals surface area (Å²) in [5.74, 6) is 0.639. The first-order valence-electron chi connectivity index (χ1n) is 7.17. The minimum Gasteiger partial charge on any atom is -0.312 e. The van der Waals surface area contributed by atoms with Crippen LogP contribution >= 0.6 is 0 Å². The second-order valence-electron chi connectivity index (χ2n) is 5.75. The summed E-state index contributed by atoms with van der Waals surface area (Å²) in [4.78, 5) is 16.6. The van der Waals surface area contributed by atoms with Crippen molar-refractivity contribution in [2.75, 3.05) is 0 Å². The monoisotopic (exact) mass is 279 g/mol. The van der Waals surface area contributed by atoms with Crippen molar-refractivity contribution in [3.63, 3.8) is 0 Å². The van der Waals surface area contributed by atoms with E-state index in [2.05, 4.69) is 11.1 Å². The first-order valence-corrected chi connectivity index (χ1v) is 7.17. The van der Waals surface area contributed by atoms with Gasteiger partial charge in [0.2, 0.25) is 0 Å². The molecule has 0 radical (unpaired) electrons. The molecule has 0 amide bonds. The van der Waals surface area contributed by atoms with E-state index in [0.29, 0.717) is 17.2 Å². The third-order valence-corrected chi connectivity index (χ3v) is 3.93. The van der Waals surface area contributed by atoms with E-state index in [-0.39, 0.29) is 5.56 Å². The lowest BCUT2D eigenvalue weighted by Crippen LogP contribution is -2.24. The lowest BCUT2D eigenvalue weighted by atomic mass is 10.0. The van der Waals surface area contributed by atoms with Gasteiger partial charge in [0.1, 0.15) is 5.69 Å². The molecule has 0 bridgehead atoms. The molecule has 106 valence electrons. The molecule has 4 nitrogen and oxygen atoms in total. The first-order chi connectivity index (χ1) is 10.1. The van der Waals surface area contributed by atoms with E-state index >= 15 is 0 Å².